The number of hydrogen-bond donors (Lipinski definition) is 2. The molecule has 0 fully saturated rings. The Morgan fingerprint density at radius 1 is 0.892 bits per heavy atom. The van der Waals surface area contributed by atoms with Crippen molar-refractivity contribution in [2.75, 3.05) is 6.61 Å². The summed E-state index contributed by atoms with van der Waals surface area (Å²) in [5.74, 6) is -16.4. The quantitative estimate of drug-likeness (QED) is 0.0873. The van der Waals surface area contributed by atoms with Crippen LogP contribution in [0.5, 0.6) is 0 Å². The standard InChI is InChI=1S/C15H14F13NO7S/c1-2-7(30)36-11(14(24,25)26,9(31)29-8(12(18,19)20)13(21,22)23)35-6-4-3-5-10(16,17)15(27,28)37(32,33)34/h2,8H,1,3-6H2,(H,29,31)(H,32,33,34). The Bertz CT molecular complexity index is 930. The molecule has 0 radical (unpaired) electrons. The van der Waals surface area contributed by atoms with Gasteiger partial charge in [-0.3, -0.25) is 9.35 Å². The number of halogens is 13. The van der Waals surface area contributed by atoms with Gasteiger partial charge in [-0.25, -0.2) is 4.79 Å². The molecule has 0 aromatic heterocycles. The Balaban J connectivity index is 5.99. The van der Waals surface area contributed by atoms with Crippen LogP contribution < -0.4 is 5.32 Å². The van der Waals surface area contributed by atoms with Crippen LogP contribution in [-0.4, -0.2) is 73.0 Å². The van der Waals surface area contributed by atoms with Crippen LogP contribution in [0.25, 0.3) is 0 Å². The molecule has 2 N–H and O–H groups in total. The Hall–Kier alpha value is -2.36. The number of hydrogen-bond acceptors (Lipinski definition) is 6. The van der Waals surface area contributed by atoms with Crippen molar-refractivity contribution < 1.29 is 89.1 Å². The van der Waals surface area contributed by atoms with Gasteiger partial charge in [-0.15, -0.1) is 0 Å². The maximum Gasteiger partial charge on any atom is 0.466 e. The molecular formula is C15H14F13NO7S. The van der Waals surface area contributed by atoms with Gasteiger partial charge in [0.2, 0.25) is 6.04 Å². The van der Waals surface area contributed by atoms with Crippen molar-refractivity contribution in [1.82, 2.24) is 5.32 Å². The van der Waals surface area contributed by atoms with Gasteiger partial charge in [-0.2, -0.15) is 65.5 Å². The Morgan fingerprint density at radius 3 is 1.70 bits per heavy atom. The fraction of sp³-hybridized carbons (Fsp3) is 0.733. The van der Waals surface area contributed by atoms with E-state index in [1.807, 2.05) is 0 Å². The highest BCUT2D eigenvalue weighted by Gasteiger charge is 2.69. The lowest BCUT2D eigenvalue weighted by Crippen LogP contribution is -2.66. The Labute approximate surface area is 197 Å². The van der Waals surface area contributed by atoms with Gasteiger partial charge in [-0.05, 0) is 12.8 Å². The van der Waals surface area contributed by atoms with Crippen molar-refractivity contribution >= 4 is 22.0 Å². The molecule has 1 unspecified atom stereocenters. The fourth-order valence-electron chi connectivity index (χ4n) is 2.17. The molecule has 8 nitrogen and oxygen atoms in total. The fourth-order valence-corrected chi connectivity index (χ4v) is 2.65. The molecule has 22 heteroatoms. The maximum atomic E-state index is 13.6. The number of nitrogens with one attached hydrogen (secondary N) is 1. The van der Waals surface area contributed by atoms with Crippen LogP contribution in [0.4, 0.5) is 57.1 Å². The zero-order chi connectivity index (χ0) is 29.9. The number of carbonyl (C=O) groups is 2. The van der Waals surface area contributed by atoms with Crippen molar-refractivity contribution in [3.05, 3.63) is 12.7 Å². The van der Waals surface area contributed by atoms with Crippen molar-refractivity contribution in [3.8, 4) is 0 Å². The van der Waals surface area contributed by atoms with Crippen LogP contribution >= 0.6 is 0 Å². The van der Waals surface area contributed by atoms with Crippen LogP contribution in [0, 0.1) is 0 Å². The number of amides is 1. The second kappa shape index (κ2) is 11.2. The minimum atomic E-state index is -6.68. The van der Waals surface area contributed by atoms with E-state index in [1.165, 1.54) is 0 Å². The number of rotatable bonds is 12. The van der Waals surface area contributed by atoms with Crippen molar-refractivity contribution in [3.63, 3.8) is 0 Å². The molecule has 0 saturated heterocycles. The third-order valence-electron chi connectivity index (χ3n) is 3.95. The summed E-state index contributed by atoms with van der Waals surface area (Å²) in [6.45, 7) is 0.822. The zero-order valence-corrected chi connectivity index (χ0v) is 18.2. The number of unbranched alkanes of at least 4 members (excludes halogenated alkanes) is 1. The van der Waals surface area contributed by atoms with Gasteiger partial charge in [0.15, 0.2) is 0 Å². The summed E-state index contributed by atoms with van der Waals surface area (Å²) in [6.07, 6.45) is -24.3. The topological polar surface area (TPSA) is 119 Å². The lowest BCUT2D eigenvalue weighted by Gasteiger charge is -2.34. The molecule has 0 rings (SSSR count). The first-order chi connectivity index (χ1) is 16.2. The molecule has 0 saturated carbocycles. The van der Waals surface area contributed by atoms with Gasteiger partial charge < -0.3 is 14.8 Å². The number of esters is 1. The van der Waals surface area contributed by atoms with Crippen LogP contribution in [0.3, 0.4) is 0 Å². The Morgan fingerprint density at radius 2 is 1.35 bits per heavy atom. The SMILES string of the molecule is C=CC(=O)OC(OCCCCC(F)(F)C(F)(F)S(=O)(=O)O)(C(=O)NC(C(F)(F)F)C(F)(F)F)C(F)(F)F. The van der Waals surface area contributed by atoms with E-state index in [-0.39, 0.29) is 11.4 Å². The summed E-state index contributed by atoms with van der Waals surface area (Å²) in [4.78, 5) is 23.2. The van der Waals surface area contributed by atoms with E-state index < -0.39 is 89.4 Å². The Kier molecular flexibility index (Phi) is 10.5. The van der Waals surface area contributed by atoms with Gasteiger partial charge in [0.25, 0.3) is 0 Å². The van der Waals surface area contributed by atoms with Gasteiger partial charge in [0, 0.05) is 12.5 Å². The molecule has 0 aromatic rings. The normalized spacial score (nSPS) is 15.8. The van der Waals surface area contributed by atoms with E-state index in [2.05, 4.69) is 16.1 Å². The highest BCUT2D eigenvalue weighted by molar-refractivity contribution is 7.87. The predicted octanol–water partition coefficient (Wildman–Crippen LogP) is 3.89. The summed E-state index contributed by atoms with van der Waals surface area (Å²) in [5.41, 5.74) is 0. The van der Waals surface area contributed by atoms with E-state index in [1.54, 1.807) is 0 Å². The first-order valence-electron chi connectivity index (χ1n) is 8.90. The number of alkyl halides is 13. The third kappa shape index (κ3) is 8.32. The summed E-state index contributed by atoms with van der Waals surface area (Å²) >= 11 is 0. The summed E-state index contributed by atoms with van der Waals surface area (Å²) < 4.78 is 206. The summed E-state index contributed by atoms with van der Waals surface area (Å²) in [5, 5.41) is -6.15. The molecule has 0 spiro atoms. The molecule has 0 aliphatic carbocycles. The molecule has 0 bridgehead atoms. The number of carbonyl (C=O) groups excluding carboxylic acids is 2. The second-order valence-corrected chi connectivity index (χ2v) is 8.19. The molecule has 0 heterocycles. The maximum absolute atomic E-state index is 13.6. The molecule has 37 heavy (non-hydrogen) atoms. The predicted molar refractivity (Wildman–Crippen MR) is 90.4 cm³/mol. The van der Waals surface area contributed by atoms with Crippen LogP contribution in [0.2, 0.25) is 0 Å². The summed E-state index contributed by atoms with van der Waals surface area (Å²) in [7, 11) is -6.68. The number of ether oxygens (including phenoxy) is 2. The summed E-state index contributed by atoms with van der Waals surface area (Å²) in [6, 6.07) is -4.94. The van der Waals surface area contributed by atoms with E-state index >= 15 is 0 Å². The van der Waals surface area contributed by atoms with Crippen LogP contribution in [0.1, 0.15) is 19.3 Å². The van der Waals surface area contributed by atoms with Crippen LogP contribution in [0.15, 0.2) is 12.7 Å². The molecule has 0 aliphatic heterocycles. The average Bonchev–Trinajstić information content (AvgIpc) is 2.66. The lowest BCUT2D eigenvalue weighted by atomic mass is 10.1. The van der Waals surface area contributed by atoms with Crippen molar-refractivity contribution in [2.45, 2.75) is 60.8 Å². The average molecular weight is 599 g/mol. The van der Waals surface area contributed by atoms with Gasteiger partial charge in [-0.1, -0.05) is 6.58 Å². The van der Waals surface area contributed by atoms with Crippen LogP contribution in [-0.2, 0) is 29.2 Å². The largest absolute Gasteiger partial charge is 0.466 e. The molecule has 1 atom stereocenters. The minimum absolute atomic E-state index is 0.0836. The monoisotopic (exact) mass is 599 g/mol. The highest BCUT2D eigenvalue weighted by Crippen LogP contribution is 2.42. The zero-order valence-electron chi connectivity index (χ0n) is 17.4. The van der Waals surface area contributed by atoms with Crippen molar-refractivity contribution in [2.24, 2.45) is 0 Å². The molecule has 218 valence electrons. The van der Waals surface area contributed by atoms with Gasteiger partial charge in [0.1, 0.15) is 0 Å². The van der Waals surface area contributed by atoms with Gasteiger partial charge in [0.05, 0.1) is 6.61 Å². The lowest BCUT2D eigenvalue weighted by molar-refractivity contribution is -0.349. The van der Waals surface area contributed by atoms with Gasteiger partial charge >= 0.3 is 57.5 Å². The van der Waals surface area contributed by atoms with E-state index in [0.29, 0.717) is 0 Å². The first kappa shape index (κ1) is 34.6. The minimum Gasteiger partial charge on any atom is -0.412 e. The molecule has 0 aliphatic rings. The third-order valence-corrected chi connectivity index (χ3v) is 4.90. The molecule has 0 aromatic carbocycles. The van der Waals surface area contributed by atoms with E-state index in [4.69, 9.17) is 4.55 Å². The molecule has 1 amide bonds. The first-order valence-corrected chi connectivity index (χ1v) is 10.3. The highest BCUT2D eigenvalue weighted by atomic mass is 32.2. The molecular weight excluding hydrogens is 585 g/mol. The van der Waals surface area contributed by atoms with Crippen molar-refractivity contribution in [1.29, 1.82) is 0 Å². The van der Waals surface area contributed by atoms with E-state index in [0.717, 1.165) is 0 Å². The second-order valence-electron chi connectivity index (χ2n) is 6.73. The smallest absolute Gasteiger partial charge is 0.412 e. The van der Waals surface area contributed by atoms with E-state index in [9.17, 15) is 75.1 Å².